The number of rotatable bonds is 47. The summed E-state index contributed by atoms with van der Waals surface area (Å²) < 4.78 is 16.8. The van der Waals surface area contributed by atoms with E-state index in [0.717, 1.165) is 63.7 Å². The summed E-state index contributed by atoms with van der Waals surface area (Å²) in [5, 5.41) is 0. The Kier molecular flexibility index (Phi) is 45.2. The number of carbonyl (C=O) groups is 3. The lowest BCUT2D eigenvalue weighted by Crippen LogP contribution is -2.30. The van der Waals surface area contributed by atoms with Crippen molar-refractivity contribution in [2.45, 2.75) is 297 Å². The summed E-state index contributed by atoms with van der Waals surface area (Å²) in [6, 6.07) is 0. The molecule has 0 aliphatic heterocycles. The van der Waals surface area contributed by atoms with E-state index in [-0.39, 0.29) is 31.1 Å². The number of esters is 3. The van der Waals surface area contributed by atoms with Crippen LogP contribution in [0.25, 0.3) is 0 Å². The maximum absolute atomic E-state index is 12.7. The second-order valence-electron chi connectivity index (χ2n) is 18.1. The molecule has 2 atom stereocenters. The van der Waals surface area contributed by atoms with Gasteiger partial charge in [-0.2, -0.15) is 0 Å². The Morgan fingerprint density at radius 1 is 0.345 bits per heavy atom. The first-order valence-corrected chi connectivity index (χ1v) is 25.9. The molecule has 0 aromatic carbocycles. The number of unbranched alkanes of at least 4 members (excludes halogenated alkanes) is 33. The molecule has 0 aliphatic carbocycles. The Balaban J connectivity index is 4.22. The normalized spacial score (nSPS) is 12.4. The highest BCUT2D eigenvalue weighted by molar-refractivity contribution is 5.71. The third kappa shape index (κ3) is 44.0. The number of carbonyl (C=O) groups excluding carboxylic acids is 3. The van der Waals surface area contributed by atoms with Crippen molar-refractivity contribution in [3.63, 3.8) is 0 Å². The lowest BCUT2D eigenvalue weighted by atomic mass is 10.00. The molecule has 6 heteroatoms. The minimum Gasteiger partial charge on any atom is -0.462 e. The summed E-state index contributed by atoms with van der Waals surface area (Å²) in [7, 11) is 0. The Morgan fingerprint density at radius 3 is 0.897 bits per heavy atom. The first-order chi connectivity index (χ1) is 28.4. The van der Waals surface area contributed by atoms with Crippen LogP contribution in [0.2, 0.25) is 0 Å². The zero-order valence-electron chi connectivity index (χ0n) is 39.5. The summed E-state index contributed by atoms with van der Waals surface area (Å²) in [5.41, 5.74) is 0. The topological polar surface area (TPSA) is 78.9 Å². The minimum absolute atomic E-state index is 0.0639. The van der Waals surface area contributed by atoms with E-state index in [4.69, 9.17) is 14.2 Å². The molecule has 6 nitrogen and oxygen atoms in total. The highest BCUT2D eigenvalue weighted by Crippen LogP contribution is 2.17. The van der Waals surface area contributed by atoms with E-state index >= 15 is 0 Å². The molecule has 0 N–H and O–H groups in total. The zero-order valence-corrected chi connectivity index (χ0v) is 39.5. The summed E-state index contributed by atoms with van der Waals surface area (Å²) in [5.74, 6) is -0.0402. The molecule has 0 amide bonds. The smallest absolute Gasteiger partial charge is 0.306 e. The van der Waals surface area contributed by atoms with E-state index < -0.39 is 6.10 Å². The van der Waals surface area contributed by atoms with Gasteiger partial charge in [-0.1, -0.05) is 252 Å². The minimum atomic E-state index is -0.761. The van der Waals surface area contributed by atoms with Crippen molar-refractivity contribution in [3.8, 4) is 0 Å². The van der Waals surface area contributed by atoms with Crippen LogP contribution in [0.5, 0.6) is 0 Å². The molecule has 0 aliphatic rings. The van der Waals surface area contributed by atoms with Crippen LogP contribution in [0.1, 0.15) is 291 Å². The van der Waals surface area contributed by atoms with E-state index in [1.807, 2.05) is 0 Å². The highest BCUT2D eigenvalue weighted by atomic mass is 16.6. The van der Waals surface area contributed by atoms with Crippen LogP contribution in [-0.2, 0) is 28.6 Å². The van der Waals surface area contributed by atoms with Gasteiger partial charge < -0.3 is 14.2 Å². The molecule has 0 spiro atoms. The Labute approximate surface area is 361 Å². The van der Waals surface area contributed by atoms with Crippen molar-refractivity contribution in [3.05, 3.63) is 0 Å². The Morgan fingerprint density at radius 2 is 0.603 bits per heavy atom. The van der Waals surface area contributed by atoms with Crippen molar-refractivity contribution in [1.82, 2.24) is 0 Å². The predicted molar refractivity (Wildman–Crippen MR) is 247 cm³/mol. The molecule has 0 fully saturated rings. The third-order valence-electron chi connectivity index (χ3n) is 12.2. The lowest BCUT2D eigenvalue weighted by Gasteiger charge is -2.18. The molecule has 0 aromatic rings. The predicted octanol–water partition coefficient (Wildman–Crippen LogP) is 16.7. The number of ether oxygens (including phenoxy) is 3. The van der Waals surface area contributed by atoms with Gasteiger partial charge in [0.25, 0.3) is 0 Å². The van der Waals surface area contributed by atoms with Crippen LogP contribution in [0.3, 0.4) is 0 Å². The van der Waals surface area contributed by atoms with Gasteiger partial charge in [0.1, 0.15) is 13.2 Å². The molecule has 344 valence electrons. The molecular weight excluding hydrogens is 721 g/mol. The largest absolute Gasteiger partial charge is 0.462 e. The second kappa shape index (κ2) is 46.5. The van der Waals surface area contributed by atoms with E-state index in [0.29, 0.717) is 19.3 Å². The monoisotopic (exact) mass is 821 g/mol. The van der Waals surface area contributed by atoms with Crippen molar-refractivity contribution in [2.24, 2.45) is 5.92 Å². The fourth-order valence-corrected chi connectivity index (χ4v) is 7.83. The van der Waals surface area contributed by atoms with E-state index in [1.54, 1.807) is 0 Å². The third-order valence-corrected chi connectivity index (χ3v) is 12.2. The summed E-state index contributed by atoms with van der Waals surface area (Å²) >= 11 is 0. The SMILES string of the molecule is CCCCCCCCCCCCCCCCCCCCCC(=O)OC[C@@H](COC(=O)CCCCCCCCCCCCC)OC(=O)CCCCCCCCC(C)CC. The summed E-state index contributed by atoms with van der Waals surface area (Å²) in [4.78, 5) is 37.8. The van der Waals surface area contributed by atoms with Gasteiger partial charge in [-0.05, 0) is 25.2 Å². The number of hydrogen-bond donors (Lipinski definition) is 0. The van der Waals surface area contributed by atoms with E-state index in [9.17, 15) is 14.4 Å². The molecular formula is C52H100O6. The molecule has 58 heavy (non-hydrogen) atoms. The van der Waals surface area contributed by atoms with Gasteiger partial charge in [0.05, 0.1) is 0 Å². The first-order valence-electron chi connectivity index (χ1n) is 25.9. The van der Waals surface area contributed by atoms with Gasteiger partial charge >= 0.3 is 17.9 Å². The fourth-order valence-electron chi connectivity index (χ4n) is 7.83. The first kappa shape index (κ1) is 56.4. The van der Waals surface area contributed by atoms with Crippen LogP contribution >= 0.6 is 0 Å². The lowest BCUT2D eigenvalue weighted by molar-refractivity contribution is -0.167. The molecule has 0 heterocycles. The molecule has 0 saturated heterocycles. The quantitative estimate of drug-likeness (QED) is 0.0346. The average Bonchev–Trinajstić information content (AvgIpc) is 3.22. The van der Waals surface area contributed by atoms with Crippen molar-refractivity contribution in [2.75, 3.05) is 13.2 Å². The van der Waals surface area contributed by atoms with Gasteiger partial charge in [0.15, 0.2) is 6.10 Å². The molecule has 0 saturated carbocycles. The molecule has 0 radical (unpaired) electrons. The Hall–Kier alpha value is -1.59. The van der Waals surface area contributed by atoms with E-state index in [2.05, 4.69) is 27.7 Å². The second-order valence-corrected chi connectivity index (χ2v) is 18.1. The van der Waals surface area contributed by atoms with Crippen molar-refractivity contribution >= 4 is 17.9 Å². The molecule has 0 aromatic heterocycles. The standard InChI is InChI=1S/C52H100O6/c1-5-8-10-12-14-16-18-19-20-21-22-23-24-25-27-29-31-36-40-44-51(54)57-47-49(58-52(55)45-41-37-33-32-34-38-42-48(4)7-3)46-56-50(53)43-39-35-30-28-26-17-15-13-11-9-6-2/h48-49H,5-47H2,1-4H3/t48?,49-/m1/s1. The van der Waals surface area contributed by atoms with Crippen molar-refractivity contribution in [1.29, 1.82) is 0 Å². The van der Waals surface area contributed by atoms with Gasteiger partial charge in [-0.25, -0.2) is 0 Å². The molecule has 0 rings (SSSR count). The van der Waals surface area contributed by atoms with Gasteiger partial charge in [-0.15, -0.1) is 0 Å². The number of hydrogen-bond acceptors (Lipinski definition) is 6. The maximum atomic E-state index is 12.7. The van der Waals surface area contributed by atoms with E-state index in [1.165, 1.54) is 186 Å². The van der Waals surface area contributed by atoms with Crippen LogP contribution in [0.15, 0.2) is 0 Å². The van der Waals surface area contributed by atoms with Crippen LogP contribution < -0.4 is 0 Å². The average molecular weight is 821 g/mol. The molecule has 0 bridgehead atoms. The van der Waals surface area contributed by atoms with Gasteiger partial charge in [-0.3, -0.25) is 14.4 Å². The van der Waals surface area contributed by atoms with Crippen LogP contribution in [0.4, 0.5) is 0 Å². The highest BCUT2D eigenvalue weighted by Gasteiger charge is 2.19. The van der Waals surface area contributed by atoms with Crippen LogP contribution in [0, 0.1) is 5.92 Å². The molecule has 1 unspecified atom stereocenters. The van der Waals surface area contributed by atoms with Gasteiger partial charge in [0, 0.05) is 19.3 Å². The summed E-state index contributed by atoms with van der Waals surface area (Å²) in [6.45, 7) is 8.99. The Bertz CT molecular complexity index is 874. The van der Waals surface area contributed by atoms with Gasteiger partial charge in [0.2, 0.25) is 0 Å². The van der Waals surface area contributed by atoms with Crippen LogP contribution in [-0.4, -0.2) is 37.2 Å². The zero-order chi connectivity index (χ0) is 42.4. The van der Waals surface area contributed by atoms with Crippen molar-refractivity contribution < 1.29 is 28.6 Å². The maximum Gasteiger partial charge on any atom is 0.306 e. The fraction of sp³-hybridized carbons (Fsp3) is 0.942. The summed E-state index contributed by atoms with van der Waals surface area (Å²) in [6.07, 6.45) is 48.1.